The molecule has 0 bridgehead atoms. The van der Waals surface area contributed by atoms with E-state index in [1.807, 2.05) is 0 Å². The number of hydrogen-bond acceptors (Lipinski definition) is 3. The standard InChI is InChI=1S/C18H28FN3O/c1-14(2)12-17(22-10-8-21(3)9-11-22)13-20-18(23)15-4-6-16(19)7-5-15/h4-7,14,17H,8-13H2,1-3H3,(H,20,23). The van der Waals surface area contributed by atoms with Crippen LogP contribution in [-0.2, 0) is 0 Å². The number of amides is 1. The molecular formula is C18H28FN3O. The van der Waals surface area contributed by atoms with E-state index in [0.717, 1.165) is 32.6 Å². The lowest BCUT2D eigenvalue weighted by atomic mass is 10.0. The molecule has 1 aliphatic rings. The lowest BCUT2D eigenvalue weighted by Gasteiger charge is -2.38. The van der Waals surface area contributed by atoms with Gasteiger partial charge in [-0.3, -0.25) is 9.69 Å². The van der Waals surface area contributed by atoms with Gasteiger partial charge in [0.1, 0.15) is 5.82 Å². The summed E-state index contributed by atoms with van der Waals surface area (Å²) in [6.45, 7) is 9.29. The second-order valence-electron chi connectivity index (χ2n) is 6.84. The fourth-order valence-corrected chi connectivity index (χ4v) is 3.01. The van der Waals surface area contributed by atoms with E-state index >= 15 is 0 Å². The molecule has 1 aromatic rings. The van der Waals surface area contributed by atoms with Gasteiger partial charge >= 0.3 is 0 Å². The van der Waals surface area contributed by atoms with Crippen molar-refractivity contribution < 1.29 is 9.18 Å². The van der Waals surface area contributed by atoms with Crippen molar-refractivity contribution in [3.05, 3.63) is 35.6 Å². The molecule has 1 amide bonds. The van der Waals surface area contributed by atoms with E-state index < -0.39 is 0 Å². The molecule has 1 fully saturated rings. The molecule has 1 unspecified atom stereocenters. The van der Waals surface area contributed by atoms with E-state index in [1.54, 1.807) is 0 Å². The molecule has 0 spiro atoms. The minimum absolute atomic E-state index is 0.132. The van der Waals surface area contributed by atoms with E-state index in [0.29, 0.717) is 24.1 Å². The smallest absolute Gasteiger partial charge is 0.251 e. The Morgan fingerprint density at radius 3 is 2.35 bits per heavy atom. The van der Waals surface area contributed by atoms with Gasteiger partial charge in [0.25, 0.3) is 5.91 Å². The summed E-state index contributed by atoms with van der Waals surface area (Å²) in [5, 5.41) is 3.02. The van der Waals surface area contributed by atoms with Crippen molar-refractivity contribution >= 4 is 5.91 Å². The molecule has 0 saturated carbocycles. The summed E-state index contributed by atoms with van der Waals surface area (Å²) >= 11 is 0. The SMILES string of the molecule is CC(C)CC(CNC(=O)c1ccc(F)cc1)N1CCN(C)CC1. The maximum Gasteiger partial charge on any atom is 0.251 e. The van der Waals surface area contributed by atoms with Crippen molar-refractivity contribution in [3.63, 3.8) is 0 Å². The molecule has 23 heavy (non-hydrogen) atoms. The van der Waals surface area contributed by atoms with Gasteiger partial charge in [0.15, 0.2) is 0 Å². The number of nitrogens with zero attached hydrogens (tertiary/aromatic N) is 2. The first kappa shape index (κ1) is 17.9. The van der Waals surface area contributed by atoms with Crippen molar-refractivity contribution in [2.24, 2.45) is 5.92 Å². The molecule has 128 valence electrons. The normalized spacial score (nSPS) is 18.1. The number of piperazine rings is 1. The summed E-state index contributed by atoms with van der Waals surface area (Å²) in [5.41, 5.74) is 0.507. The molecule has 1 aromatic carbocycles. The summed E-state index contributed by atoms with van der Waals surface area (Å²) in [6, 6.07) is 6.05. The van der Waals surface area contributed by atoms with Crippen LogP contribution in [0.15, 0.2) is 24.3 Å². The van der Waals surface area contributed by atoms with Gasteiger partial charge in [0.05, 0.1) is 0 Å². The molecule has 4 nitrogen and oxygen atoms in total. The summed E-state index contributed by atoms with van der Waals surface area (Å²) in [7, 11) is 2.14. The average molecular weight is 321 g/mol. The minimum atomic E-state index is -0.323. The third-order valence-corrected chi connectivity index (χ3v) is 4.40. The minimum Gasteiger partial charge on any atom is -0.350 e. The van der Waals surface area contributed by atoms with E-state index in [9.17, 15) is 9.18 Å². The molecule has 1 heterocycles. The van der Waals surface area contributed by atoms with Crippen LogP contribution in [0.2, 0.25) is 0 Å². The van der Waals surface area contributed by atoms with Gasteiger partial charge in [-0.15, -0.1) is 0 Å². The molecular weight excluding hydrogens is 293 g/mol. The van der Waals surface area contributed by atoms with Crippen LogP contribution in [0.5, 0.6) is 0 Å². The van der Waals surface area contributed by atoms with Crippen molar-refractivity contribution in [2.75, 3.05) is 39.8 Å². The Morgan fingerprint density at radius 2 is 1.78 bits per heavy atom. The van der Waals surface area contributed by atoms with Crippen LogP contribution in [0.4, 0.5) is 4.39 Å². The van der Waals surface area contributed by atoms with Crippen LogP contribution in [0.3, 0.4) is 0 Å². The molecule has 1 aliphatic heterocycles. The second-order valence-corrected chi connectivity index (χ2v) is 6.84. The Hall–Kier alpha value is -1.46. The van der Waals surface area contributed by atoms with Gasteiger partial charge in [-0.1, -0.05) is 13.8 Å². The lowest BCUT2D eigenvalue weighted by Crippen LogP contribution is -2.52. The molecule has 1 atom stereocenters. The Labute approximate surface area is 138 Å². The maximum atomic E-state index is 12.9. The highest BCUT2D eigenvalue weighted by Crippen LogP contribution is 2.14. The quantitative estimate of drug-likeness (QED) is 0.873. The highest BCUT2D eigenvalue weighted by Gasteiger charge is 2.23. The van der Waals surface area contributed by atoms with E-state index in [4.69, 9.17) is 0 Å². The van der Waals surface area contributed by atoms with Crippen LogP contribution < -0.4 is 5.32 Å². The van der Waals surface area contributed by atoms with Crippen LogP contribution in [0.1, 0.15) is 30.6 Å². The number of likely N-dealkylation sites (N-methyl/N-ethyl adjacent to an activating group) is 1. The van der Waals surface area contributed by atoms with Gasteiger partial charge in [0, 0.05) is 44.3 Å². The zero-order valence-corrected chi connectivity index (χ0v) is 14.4. The number of benzene rings is 1. The van der Waals surface area contributed by atoms with Crippen LogP contribution >= 0.6 is 0 Å². The number of rotatable bonds is 6. The lowest BCUT2D eigenvalue weighted by molar-refractivity contribution is 0.0850. The Kier molecular flexibility index (Phi) is 6.54. The van der Waals surface area contributed by atoms with Gasteiger partial charge in [-0.05, 0) is 43.7 Å². The van der Waals surface area contributed by atoms with Crippen molar-refractivity contribution in [1.29, 1.82) is 0 Å². The summed E-state index contributed by atoms with van der Waals surface area (Å²) in [5.74, 6) is 0.131. The van der Waals surface area contributed by atoms with Gasteiger partial charge < -0.3 is 10.2 Å². The van der Waals surface area contributed by atoms with E-state index in [2.05, 4.69) is 36.0 Å². The van der Waals surface area contributed by atoms with Gasteiger partial charge in [-0.25, -0.2) is 4.39 Å². The number of nitrogens with one attached hydrogen (secondary N) is 1. The van der Waals surface area contributed by atoms with Crippen LogP contribution in [-0.4, -0.2) is 61.5 Å². The fourth-order valence-electron chi connectivity index (χ4n) is 3.01. The third-order valence-electron chi connectivity index (χ3n) is 4.40. The first-order valence-corrected chi connectivity index (χ1v) is 8.42. The number of carbonyl (C=O) groups is 1. The molecule has 1 N–H and O–H groups in total. The Bertz CT molecular complexity index is 495. The maximum absolute atomic E-state index is 12.9. The van der Waals surface area contributed by atoms with Gasteiger partial charge in [0.2, 0.25) is 0 Å². The number of halogens is 1. The molecule has 5 heteroatoms. The van der Waals surface area contributed by atoms with Crippen molar-refractivity contribution in [2.45, 2.75) is 26.3 Å². The number of hydrogen-bond donors (Lipinski definition) is 1. The van der Waals surface area contributed by atoms with Crippen LogP contribution in [0, 0.1) is 11.7 Å². The highest BCUT2D eigenvalue weighted by molar-refractivity contribution is 5.94. The third kappa shape index (κ3) is 5.59. The fraction of sp³-hybridized carbons (Fsp3) is 0.611. The first-order chi connectivity index (χ1) is 11.0. The highest BCUT2D eigenvalue weighted by atomic mass is 19.1. The Balaban J connectivity index is 1.92. The zero-order valence-electron chi connectivity index (χ0n) is 14.4. The second kappa shape index (κ2) is 8.41. The van der Waals surface area contributed by atoms with E-state index in [-0.39, 0.29) is 11.7 Å². The zero-order chi connectivity index (χ0) is 16.8. The summed E-state index contributed by atoms with van der Waals surface area (Å²) < 4.78 is 12.9. The average Bonchev–Trinajstić information content (AvgIpc) is 2.52. The van der Waals surface area contributed by atoms with E-state index in [1.165, 1.54) is 24.3 Å². The first-order valence-electron chi connectivity index (χ1n) is 8.42. The summed E-state index contributed by atoms with van der Waals surface area (Å²) in [4.78, 5) is 17.0. The topological polar surface area (TPSA) is 35.6 Å². The predicted octanol–water partition coefficient (Wildman–Crippen LogP) is 2.22. The van der Waals surface area contributed by atoms with Crippen molar-refractivity contribution in [1.82, 2.24) is 15.1 Å². The largest absolute Gasteiger partial charge is 0.350 e. The molecule has 2 rings (SSSR count). The predicted molar refractivity (Wildman–Crippen MR) is 91.0 cm³/mol. The molecule has 0 aromatic heterocycles. The number of carbonyl (C=O) groups excluding carboxylic acids is 1. The molecule has 0 aliphatic carbocycles. The molecule has 1 saturated heterocycles. The monoisotopic (exact) mass is 321 g/mol. The van der Waals surface area contributed by atoms with Crippen molar-refractivity contribution in [3.8, 4) is 0 Å². The molecule has 0 radical (unpaired) electrons. The van der Waals surface area contributed by atoms with Crippen LogP contribution in [0.25, 0.3) is 0 Å². The van der Waals surface area contributed by atoms with Gasteiger partial charge in [-0.2, -0.15) is 0 Å². The summed E-state index contributed by atoms with van der Waals surface area (Å²) in [6.07, 6.45) is 1.06. The Morgan fingerprint density at radius 1 is 1.17 bits per heavy atom.